The Hall–Kier alpha value is -1.43. The Morgan fingerprint density at radius 1 is 1.47 bits per heavy atom. The van der Waals surface area contributed by atoms with Crippen molar-refractivity contribution < 1.29 is 18.7 Å². The first-order valence-corrected chi connectivity index (χ1v) is 5.59. The van der Waals surface area contributed by atoms with Crippen LogP contribution in [0.25, 0.3) is 0 Å². The van der Waals surface area contributed by atoms with Crippen LogP contribution >= 0.6 is 15.9 Å². The largest absolute Gasteiger partial charge is 0.467 e. The fourth-order valence-electron chi connectivity index (χ4n) is 1.19. The minimum Gasteiger partial charge on any atom is -0.467 e. The van der Waals surface area contributed by atoms with E-state index in [1.54, 1.807) is 0 Å². The third kappa shape index (κ3) is 3.26. The van der Waals surface area contributed by atoms with Crippen LogP contribution in [0.4, 0.5) is 4.39 Å². The summed E-state index contributed by atoms with van der Waals surface area (Å²) >= 11 is 2.98. The van der Waals surface area contributed by atoms with Gasteiger partial charge in [0, 0.05) is 0 Å². The standard InChI is InChI=1S/C11H11BrFNO3/c1-6(11(16)17-2)14-10(15)7-4-3-5-8(12)9(7)13/h3-6H,1-2H3,(H,14,15). The van der Waals surface area contributed by atoms with Gasteiger partial charge in [-0.1, -0.05) is 6.07 Å². The highest BCUT2D eigenvalue weighted by atomic mass is 79.9. The summed E-state index contributed by atoms with van der Waals surface area (Å²) in [5, 5.41) is 2.34. The van der Waals surface area contributed by atoms with Crippen molar-refractivity contribution in [1.29, 1.82) is 0 Å². The second-order valence-corrected chi connectivity index (χ2v) is 4.17. The first-order chi connectivity index (χ1) is 7.97. The lowest BCUT2D eigenvalue weighted by molar-refractivity contribution is -0.142. The van der Waals surface area contributed by atoms with Crippen LogP contribution < -0.4 is 5.32 Å². The smallest absolute Gasteiger partial charge is 0.328 e. The summed E-state index contributed by atoms with van der Waals surface area (Å²) in [6, 6.07) is 3.52. The first kappa shape index (κ1) is 13.6. The molecular weight excluding hydrogens is 293 g/mol. The normalized spacial score (nSPS) is 11.8. The predicted octanol–water partition coefficient (Wildman–Crippen LogP) is 1.88. The Morgan fingerprint density at radius 3 is 2.71 bits per heavy atom. The molecule has 1 atom stereocenters. The number of ether oxygens (including phenoxy) is 1. The molecule has 1 amide bonds. The molecule has 6 heteroatoms. The van der Waals surface area contributed by atoms with Gasteiger partial charge < -0.3 is 10.1 Å². The monoisotopic (exact) mass is 303 g/mol. The number of hydrogen-bond acceptors (Lipinski definition) is 3. The summed E-state index contributed by atoms with van der Waals surface area (Å²) in [5.41, 5.74) is -0.130. The van der Waals surface area contributed by atoms with E-state index < -0.39 is 23.7 Å². The van der Waals surface area contributed by atoms with Crippen molar-refractivity contribution in [2.75, 3.05) is 7.11 Å². The number of hydrogen-bond donors (Lipinski definition) is 1. The third-order valence-electron chi connectivity index (χ3n) is 2.10. The Labute approximate surface area is 106 Å². The molecule has 4 nitrogen and oxygen atoms in total. The number of amides is 1. The number of carbonyl (C=O) groups is 2. The highest BCUT2D eigenvalue weighted by Gasteiger charge is 2.19. The zero-order chi connectivity index (χ0) is 13.0. The van der Waals surface area contributed by atoms with Crippen molar-refractivity contribution in [1.82, 2.24) is 5.32 Å². The van der Waals surface area contributed by atoms with Gasteiger partial charge in [0.25, 0.3) is 5.91 Å². The van der Waals surface area contributed by atoms with E-state index >= 15 is 0 Å². The van der Waals surface area contributed by atoms with E-state index in [1.165, 1.54) is 32.2 Å². The minimum atomic E-state index is -0.828. The summed E-state index contributed by atoms with van der Waals surface area (Å²) in [6.45, 7) is 1.46. The first-order valence-electron chi connectivity index (χ1n) is 4.80. The molecule has 1 N–H and O–H groups in total. The van der Waals surface area contributed by atoms with Crippen LogP contribution in [0.2, 0.25) is 0 Å². The van der Waals surface area contributed by atoms with E-state index in [4.69, 9.17) is 0 Å². The molecule has 17 heavy (non-hydrogen) atoms. The molecule has 0 spiro atoms. The molecule has 0 aliphatic carbocycles. The number of halogens is 2. The molecule has 92 valence electrons. The van der Waals surface area contributed by atoms with Gasteiger partial charge in [-0.2, -0.15) is 0 Å². The molecule has 1 aromatic carbocycles. The summed E-state index contributed by atoms with van der Waals surface area (Å²) in [4.78, 5) is 22.8. The van der Waals surface area contributed by atoms with Gasteiger partial charge in [0.05, 0.1) is 17.1 Å². The van der Waals surface area contributed by atoms with E-state index in [-0.39, 0.29) is 10.0 Å². The van der Waals surface area contributed by atoms with Gasteiger partial charge in [0.1, 0.15) is 11.9 Å². The maximum atomic E-state index is 13.6. The second-order valence-electron chi connectivity index (χ2n) is 3.32. The lowest BCUT2D eigenvalue weighted by Crippen LogP contribution is -2.39. The maximum absolute atomic E-state index is 13.6. The summed E-state index contributed by atoms with van der Waals surface area (Å²) in [7, 11) is 1.21. The number of benzene rings is 1. The van der Waals surface area contributed by atoms with Crippen molar-refractivity contribution in [3.05, 3.63) is 34.1 Å². The van der Waals surface area contributed by atoms with E-state index in [0.29, 0.717) is 0 Å². The Bertz CT molecular complexity index is 450. The van der Waals surface area contributed by atoms with Crippen LogP contribution in [0.5, 0.6) is 0 Å². The highest BCUT2D eigenvalue weighted by Crippen LogP contribution is 2.18. The summed E-state index contributed by atoms with van der Waals surface area (Å²) < 4.78 is 18.2. The second kappa shape index (κ2) is 5.77. The average molecular weight is 304 g/mol. The molecule has 0 aliphatic heterocycles. The Kier molecular flexibility index (Phi) is 4.62. The van der Waals surface area contributed by atoms with Crippen LogP contribution in [0.3, 0.4) is 0 Å². The molecule has 0 bridgehead atoms. The van der Waals surface area contributed by atoms with Crippen LogP contribution in [-0.2, 0) is 9.53 Å². The van der Waals surface area contributed by atoms with Crippen LogP contribution in [0, 0.1) is 5.82 Å². The molecule has 1 rings (SSSR count). The fourth-order valence-corrected chi connectivity index (χ4v) is 1.56. The zero-order valence-electron chi connectivity index (χ0n) is 9.29. The number of rotatable bonds is 3. The van der Waals surface area contributed by atoms with Gasteiger partial charge in [-0.05, 0) is 35.0 Å². The molecule has 0 radical (unpaired) electrons. The predicted molar refractivity (Wildman–Crippen MR) is 63.0 cm³/mol. The Morgan fingerprint density at radius 2 is 2.12 bits per heavy atom. The summed E-state index contributed by atoms with van der Waals surface area (Å²) in [6.07, 6.45) is 0. The minimum absolute atomic E-state index is 0.130. The van der Waals surface area contributed by atoms with Gasteiger partial charge in [-0.15, -0.1) is 0 Å². The van der Waals surface area contributed by atoms with Crippen LogP contribution in [-0.4, -0.2) is 25.0 Å². The number of esters is 1. The molecular formula is C11H11BrFNO3. The van der Waals surface area contributed by atoms with Crippen molar-refractivity contribution >= 4 is 27.8 Å². The summed E-state index contributed by atoms with van der Waals surface area (Å²) in [5.74, 6) is -1.92. The quantitative estimate of drug-likeness (QED) is 0.868. The third-order valence-corrected chi connectivity index (χ3v) is 2.71. The van der Waals surface area contributed by atoms with E-state index in [0.717, 1.165) is 0 Å². The van der Waals surface area contributed by atoms with Gasteiger partial charge in [-0.25, -0.2) is 9.18 Å². The number of methoxy groups -OCH3 is 1. The zero-order valence-corrected chi connectivity index (χ0v) is 10.9. The molecule has 0 aliphatic rings. The van der Waals surface area contributed by atoms with Crippen molar-refractivity contribution in [3.8, 4) is 0 Å². The fraction of sp³-hybridized carbons (Fsp3) is 0.273. The maximum Gasteiger partial charge on any atom is 0.328 e. The topological polar surface area (TPSA) is 55.4 Å². The van der Waals surface area contributed by atoms with Crippen molar-refractivity contribution in [2.45, 2.75) is 13.0 Å². The van der Waals surface area contributed by atoms with Gasteiger partial charge in [0.15, 0.2) is 0 Å². The number of nitrogens with one attached hydrogen (secondary N) is 1. The lowest BCUT2D eigenvalue weighted by atomic mass is 10.2. The molecule has 1 aromatic rings. The molecule has 0 saturated heterocycles. The van der Waals surface area contributed by atoms with Crippen LogP contribution in [0.15, 0.2) is 22.7 Å². The van der Waals surface area contributed by atoms with E-state index in [9.17, 15) is 14.0 Å². The Balaban J connectivity index is 2.84. The van der Waals surface area contributed by atoms with Crippen molar-refractivity contribution in [2.24, 2.45) is 0 Å². The van der Waals surface area contributed by atoms with Gasteiger partial charge in [0.2, 0.25) is 0 Å². The van der Waals surface area contributed by atoms with Crippen LogP contribution in [0.1, 0.15) is 17.3 Å². The molecule has 0 aromatic heterocycles. The SMILES string of the molecule is COC(=O)C(C)NC(=O)c1cccc(Br)c1F. The van der Waals surface area contributed by atoms with Crippen molar-refractivity contribution in [3.63, 3.8) is 0 Å². The van der Waals surface area contributed by atoms with E-state index in [2.05, 4.69) is 26.0 Å². The lowest BCUT2D eigenvalue weighted by Gasteiger charge is -2.12. The molecule has 1 unspecified atom stereocenters. The number of carbonyl (C=O) groups excluding carboxylic acids is 2. The van der Waals surface area contributed by atoms with E-state index in [1.807, 2.05) is 0 Å². The molecule has 0 fully saturated rings. The molecule has 0 heterocycles. The average Bonchev–Trinajstić information content (AvgIpc) is 2.31. The van der Waals surface area contributed by atoms with Gasteiger partial charge in [-0.3, -0.25) is 4.79 Å². The van der Waals surface area contributed by atoms with Gasteiger partial charge >= 0.3 is 5.97 Å². The molecule has 0 saturated carbocycles. The highest BCUT2D eigenvalue weighted by molar-refractivity contribution is 9.10.